The molecule has 0 radical (unpaired) electrons. The minimum Gasteiger partial charge on any atom is -0.363 e. The van der Waals surface area contributed by atoms with Crippen LogP contribution in [0.4, 0.5) is 11.4 Å². The van der Waals surface area contributed by atoms with Crippen LogP contribution in [0.1, 0.15) is 0 Å². The van der Waals surface area contributed by atoms with E-state index in [1.54, 1.807) is 12.1 Å². The minimum absolute atomic E-state index is 0.223. The van der Waals surface area contributed by atoms with Gasteiger partial charge in [0.25, 0.3) is 0 Å². The zero-order valence-corrected chi connectivity index (χ0v) is 12.3. The number of hydrogen-bond acceptors (Lipinski definition) is 6. The second-order valence-corrected chi connectivity index (χ2v) is 6.93. The number of sulfone groups is 1. The fraction of sp³-hybridized carbons (Fsp3) is 0.500. The highest BCUT2D eigenvalue weighted by molar-refractivity contribution is 7.90. The highest BCUT2D eigenvalue weighted by atomic mass is 32.2. The van der Waals surface area contributed by atoms with E-state index in [2.05, 4.69) is 4.90 Å². The van der Waals surface area contributed by atoms with Gasteiger partial charge < -0.3 is 9.80 Å². The van der Waals surface area contributed by atoms with Crippen molar-refractivity contribution in [2.75, 3.05) is 44.4 Å². The van der Waals surface area contributed by atoms with Crippen LogP contribution >= 0.6 is 0 Å². The van der Waals surface area contributed by atoms with Crippen molar-refractivity contribution in [2.24, 2.45) is 0 Å². The van der Waals surface area contributed by atoms with E-state index in [1.165, 1.54) is 6.07 Å². The standard InChI is InChI=1S/C12H17N3O4S/c1-13-6-8-14(9-7-13)10-4-3-5-11(20(2,18)19)12(10)15(16)17/h3-5H,6-9H2,1-2H3. The number of para-hydroxylation sites is 1. The molecule has 0 amide bonds. The lowest BCUT2D eigenvalue weighted by atomic mass is 10.2. The fourth-order valence-corrected chi connectivity index (χ4v) is 3.15. The molecule has 1 saturated heterocycles. The third-order valence-corrected chi connectivity index (χ3v) is 4.53. The highest BCUT2D eigenvalue weighted by Crippen LogP contribution is 2.34. The van der Waals surface area contributed by atoms with Gasteiger partial charge in [-0.3, -0.25) is 10.1 Å². The Morgan fingerprint density at radius 2 is 1.80 bits per heavy atom. The summed E-state index contributed by atoms with van der Waals surface area (Å²) in [5, 5.41) is 11.3. The summed E-state index contributed by atoms with van der Waals surface area (Å²) in [5.74, 6) is 0. The van der Waals surface area contributed by atoms with Gasteiger partial charge in [-0.25, -0.2) is 8.42 Å². The molecule has 0 aliphatic carbocycles. The van der Waals surface area contributed by atoms with Gasteiger partial charge in [0.05, 0.1) is 4.92 Å². The van der Waals surface area contributed by atoms with Gasteiger partial charge in [0.2, 0.25) is 0 Å². The maximum Gasteiger partial charge on any atom is 0.311 e. The monoisotopic (exact) mass is 299 g/mol. The van der Waals surface area contributed by atoms with E-state index in [-0.39, 0.29) is 10.6 Å². The topological polar surface area (TPSA) is 83.8 Å². The predicted molar refractivity (Wildman–Crippen MR) is 75.9 cm³/mol. The van der Waals surface area contributed by atoms with Crippen molar-refractivity contribution in [3.05, 3.63) is 28.3 Å². The Hall–Kier alpha value is -1.67. The number of hydrogen-bond donors (Lipinski definition) is 0. The molecule has 1 aromatic carbocycles. The van der Waals surface area contributed by atoms with Crippen molar-refractivity contribution in [3.8, 4) is 0 Å². The number of piperazine rings is 1. The number of benzene rings is 1. The first-order valence-corrected chi connectivity index (χ1v) is 8.11. The largest absolute Gasteiger partial charge is 0.363 e. The van der Waals surface area contributed by atoms with E-state index < -0.39 is 14.8 Å². The SMILES string of the molecule is CN1CCN(c2cccc(S(C)(=O)=O)c2[N+](=O)[O-])CC1. The Morgan fingerprint density at radius 1 is 1.20 bits per heavy atom. The molecule has 1 aliphatic rings. The predicted octanol–water partition coefficient (Wildman–Crippen LogP) is 0.750. The second-order valence-electron chi connectivity index (χ2n) is 4.94. The van der Waals surface area contributed by atoms with E-state index in [1.807, 2.05) is 11.9 Å². The van der Waals surface area contributed by atoms with Crippen molar-refractivity contribution < 1.29 is 13.3 Å². The van der Waals surface area contributed by atoms with Crippen LogP contribution < -0.4 is 4.90 Å². The Morgan fingerprint density at radius 3 is 2.30 bits per heavy atom. The summed E-state index contributed by atoms with van der Waals surface area (Å²) in [7, 11) is -1.64. The second kappa shape index (κ2) is 5.37. The van der Waals surface area contributed by atoms with Gasteiger partial charge in [-0.2, -0.15) is 0 Å². The molecule has 2 rings (SSSR count). The van der Waals surface area contributed by atoms with Crippen LogP contribution in [0.25, 0.3) is 0 Å². The molecule has 0 spiro atoms. The fourth-order valence-electron chi connectivity index (χ4n) is 2.30. The van der Waals surface area contributed by atoms with Gasteiger partial charge in [-0.05, 0) is 19.2 Å². The summed E-state index contributed by atoms with van der Waals surface area (Å²) < 4.78 is 23.4. The molecule has 1 fully saturated rings. The lowest BCUT2D eigenvalue weighted by Gasteiger charge is -2.33. The summed E-state index contributed by atoms with van der Waals surface area (Å²) in [4.78, 5) is 14.5. The molecule has 0 atom stereocenters. The average Bonchev–Trinajstić information content (AvgIpc) is 2.37. The number of rotatable bonds is 3. The van der Waals surface area contributed by atoms with Gasteiger partial charge in [-0.15, -0.1) is 0 Å². The lowest BCUT2D eigenvalue weighted by Crippen LogP contribution is -2.44. The molecule has 1 heterocycles. The molecular weight excluding hydrogens is 282 g/mol. The molecule has 0 unspecified atom stereocenters. The first kappa shape index (κ1) is 14.7. The number of nitro groups is 1. The van der Waals surface area contributed by atoms with Crippen LogP contribution in [0.2, 0.25) is 0 Å². The van der Waals surface area contributed by atoms with Crippen LogP contribution in [0.5, 0.6) is 0 Å². The quantitative estimate of drug-likeness (QED) is 0.605. The van der Waals surface area contributed by atoms with E-state index in [9.17, 15) is 18.5 Å². The summed E-state index contributed by atoms with van der Waals surface area (Å²) in [6, 6.07) is 4.45. The molecule has 0 N–H and O–H groups in total. The molecular formula is C12H17N3O4S. The van der Waals surface area contributed by atoms with Crippen LogP contribution in [-0.2, 0) is 9.84 Å². The highest BCUT2D eigenvalue weighted by Gasteiger charge is 2.29. The molecule has 20 heavy (non-hydrogen) atoms. The Bertz CT molecular complexity index is 622. The third-order valence-electron chi connectivity index (χ3n) is 3.40. The van der Waals surface area contributed by atoms with E-state index in [0.717, 1.165) is 19.3 Å². The van der Waals surface area contributed by atoms with Crippen molar-refractivity contribution in [3.63, 3.8) is 0 Å². The van der Waals surface area contributed by atoms with Crippen LogP contribution in [-0.4, -0.2) is 57.7 Å². The van der Waals surface area contributed by atoms with Crippen molar-refractivity contribution >= 4 is 21.2 Å². The summed E-state index contributed by atoms with van der Waals surface area (Å²) in [6.07, 6.45) is 0.989. The first-order chi connectivity index (χ1) is 9.30. The third kappa shape index (κ3) is 2.91. The zero-order chi connectivity index (χ0) is 14.9. The van der Waals surface area contributed by atoms with Gasteiger partial charge in [0.1, 0.15) is 10.6 Å². The molecule has 1 aromatic rings. The normalized spacial score (nSPS) is 17.2. The Balaban J connectivity index is 2.51. The molecule has 0 bridgehead atoms. The van der Waals surface area contributed by atoms with Gasteiger partial charge in [0, 0.05) is 32.4 Å². The maximum atomic E-state index is 11.7. The van der Waals surface area contributed by atoms with Gasteiger partial charge in [0.15, 0.2) is 9.84 Å². The van der Waals surface area contributed by atoms with Gasteiger partial charge in [-0.1, -0.05) is 6.07 Å². The average molecular weight is 299 g/mol. The number of anilines is 1. The van der Waals surface area contributed by atoms with Crippen molar-refractivity contribution in [2.45, 2.75) is 4.90 Å². The molecule has 8 heteroatoms. The van der Waals surface area contributed by atoms with E-state index >= 15 is 0 Å². The van der Waals surface area contributed by atoms with E-state index in [0.29, 0.717) is 18.8 Å². The maximum absolute atomic E-state index is 11.7. The minimum atomic E-state index is -3.63. The Labute approximate surface area is 117 Å². The number of nitro benzene ring substituents is 1. The molecule has 0 aromatic heterocycles. The van der Waals surface area contributed by atoms with Crippen LogP contribution in [0.3, 0.4) is 0 Å². The van der Waals surface area contributed by atoms with E-state index in [4.69, 9.17) is 0 Å². The lowest BCUT2D eigenvalue weighted by molar-refractivity contribution is -0.387. The number of nitrogens with zero attached hydrogens (tertiary/aromatic N) is 3. The zero-order valence-electron chi connectivity index (χ0n) is 11.4. The van der Waals surface area contributed by atoms with Crippen LogP contribution in [0.15, 0.2) is 23.1 Å². The Kier molecular flexibility index (Phi) is 3.96. The molecule has 1 aliphatic heterocycles. The first-order valence-electron chi connectivity index (χ1n) is 6.21. The smallest absolute Gasteiger partial charge is 0.311 e. The number of likely N-dealkylation sites (N-methyl/N-ethyl adjacent to an activating group) is 1. The van der Waals surface area contributed by atoms with Gasteiger partial charge >= 0.3 is 5.69 Å². The van der Waals surface area contributed by atoms with Crippen molar-refractivity contribution in [1.29, 1.82) is 0 Å². The van der Waals surface area contributed by atoms with Crippen molar-refractivity contribution in [1.82, 2.24) is 4.90 Å². The summed E-state index contributed by atoms with van der Waals surface area (Å²) in [6.45, 7) is 2.87. The summed E-state index contributed by atoms with van der Waals surface area (Å²) in [5.41, 5.74) is 0.0607. The van der Waals surface area contributed by atoms with Crippen LogP contribution in [0, 0.1) is 10.1 Å². The molecule has 110 valence electrons. The molecule has 7 nitrogen and oxygen atoms in total. The molecule has 0 saturated carbocycles. The summed E-state index contributed by atoms with van der Waals surface area (Å²) >= 11 is 0.